The lowest BCUT2D eigenvalue weighted by Gasteiger charge is -2.03. The van der Waals surface area contributed by atoms with Gasteiger partial charge in [0.05, 0.1) is 24.0 Å². The summed E-state index contributed by atoms with van der Waals surface area (Å²) in [6, 6.07) is 8.51. The Labute approximate surface area is 131 Å². The van der Waals surface area contributed by atoms with Gasteiger partial charge in [-0.25, -0.2) is 9.59 Å². The minimum atomic E-state index is -1.19. The second-order valence-corrected chi connectivity index (χ2v) is 4.31. The van der Waals surface area contributed by atoms with Crippen LogP contribution in [0.25, 0.3) is 0 Å². The molecule has 7 N–H and O–H groups in total. The highest BCUT2D eigenvalue weighted by Gasteiger charge is 2.10. The Morgan fingerprint density at radius 3 is 2.13 bits per heavy atom. The number of anilines is 2. The molecule has 0 aliphatic carbocycles. The van der Waals surface area contributed by atoms with Crippen LogP contribution in [0.4, 0.5) is 11.4 Å². The molecule has 0 radical (unpaired) electrons. The number of aromatic carboxylic acids is 2. The van der Waals surface area contributed by atoms with Gasteiger partial charge in [0.15, 0.2) is 5.75 Å². The van der Waals surface area contributed by atoms with Gasteiger partial charge in [-0.3, -0.25) is 0 Å². The van der Waals surface area contributed by atoms with Crippen LogP contribution in [0.5, 0.6) is 11.5 Å². The summed E-state index contributed by atoms with van der Waals surface area (Å²) in [6.07, 6.45) is 0. The van der Waals surface area contributed by atoms with Crippen molar-refractivity contribution in [2.45, 2.75) is 0 Å². The molecule has 2 aromatic rings. The topological polar surface area (TPSA) is 156 Å². The van der Waals surface area contributed by atoms with E-state index in [9.17, 15) is 9.59 Å². The third kappa shape index (κ3) is 4.53. The van der Waals surface area contributed by atoms with Crippen molar-refractivity contribution in [3.05, 3.63) is 47.5 Å². The van der Waals surface area contributed by atoms with E-state index in [-0.39, 0.29) is 22.6 Å². The molecule has 0 atom stereocenters. The number of ether oxygens (including phenoxy) is 1. The van der Waals surface area contributed by atoms with E-state index in [1.807, 2.05) is 0 Å². The number of phenols is 1. The number of benzene rings is 2. The van der Waals surface area contributed by atoms with Crippen molar-refractivity contribution in [2.24, 2.45) is 0 Å². The summed E-state index contributed by atoms with van der Waals surface area (Å²) >= 11 is 0. The van der Waals surface area contributed by atoms with Crippen LogP contribution in [0, 0.1) is 0 Å². The lowest BCUT2D eigenvalue weighted by atomic mass is 10.2. The van der Waals surface area contributed by atoms with Crippen molar-refractivity contribution in [1.82, 2.24) is 0 Å². The molecule has 0 aliphatic rings. The van der Waals surface area contributed by atoms with E-state index in [2.05, 4.69) is 0 Å². The molecule has 0 aliphatic heterocycles. The molecule has 0 spiro atoms. The number of carbonyl (C=O) groups is 2. The Bertz CT molecular complexity index is 730. The molecule has 0 aromatic heterocycles. The van der Waals surface area contributed by atoms with Gasteiger partial charge in [0.1, 0.15) is 11.3 Å². The fourth-order valence-electron chi connectivity index (χ4n) is 1.58. The van der Waals surface area contributed by atoms with Crippen LogP contribution in [0.15, 0.2) is 36.4 Å². The van der Waals surface area contributed by atoms with Gasteiger partial charge < -0.3 is 31.5 Å². The first kappa shape index (κ1) is 17.6. The zero-order chi connectivity index (χ0) is 17.6. The first-order chi connectivity index (χ1) is 10.8. The molecule has 122 valence electrons. The first-order valence-electron chi connectivity index (χ1n) is 6.25. The Balaban J connectivity index is 0.000000231. The molecular formula is C15H16N2O6. The predicted octanol–water partition coefficient (Wildman–Crippen LogP) is 1.65. The zero-order valence-corrected chi connectivity index (χ0v) is 12.2. The van der Waals surface area contributed by atoms with Gasteiger partial charge >= 0.3 is 11.9 Å². The second kappa shape index (κ2) is 7.55. The van der Waals surface area contributed by atoms with Gasteiger partial charge in [-0.15, -0.1) is 0 Å². The van der Waals surface area contributed by atoms with Gasteiger partial charge in [-0.05, 0) is 30.3 Å². The molecule has 2 aromatic carbocycles. The summed E-state index contributed by atoms with van der Waals surface area (Å²) in [5, 5.41) is 26.1. The Hall–Kier alpha value is -3.42. The molecule has 8 heteroatoms. The molecule has 0 amide bonds. The number of para-hydroxylation sites is 1. The van der Waals surface area contributed by atoms with Crippen molar-refractivity contribution in [1.29, 1.82) is 0 Å². The molecule has 0 bridgehead atoms. The summed E-state index contributed by atoms with van der Waals surface area (Å²) < 4.78 is 4.85. The number of rotatable bonds is 3. The summed E-state index contributed by atoms with van der Waals surface area (Å²) in [7, 11) is 1.44. The molecule has 0 unspecified atom stereocenters. The smallest absolute Gasteiger partial charge is 0.339 e. The fraction of sp³-hybridized carbons (Fsp3) is 0.0667. The molecular weight excluding hydrogens is 304 g/mol. The molecule has 2 rings (SSSR count). The number of methoxy groups -OCH3 is 1. The summed E-state index contributed by atoms with van der Waals surface area (Å²) in [4.78, 5) is 20.8. The number of carboxylic acids is 2. The van der Waals surface area contributed by atoms with Crippen LogP contribution < -0.4 is 16.2 Å². The minimum absolute atomic E-state index is 0.0740. The number of nitrogens with two attached hydrogens (primary N) is 2. The van der Waals surface area contributed by atoms with E-state index in [4.69, 9.17) is 31.5 Å². The quantitative estimate of drug-likeness (QED) is 0.422. The number of carboxylic acid groups (broad SMARTS) is 2. The maximum absolute atomic E-state index is 10.5. The van der Waals surface area contributed by atoms with E-state index in [1.54, 1.807) is 0 Å². The third-order valence-electron chi connectivity index (χ3n) is 2.78. The number of nitrogen functional groups attached to an aromatic ring is 2. The molecule has 23 heavy (non-hydrogen) atoms. The number of hydrogen-bond donors (Lipinski definition) is 5. The molecule has 0 heterocycles. The van der Waals surface area contributed by atoms with E-state index in [0.29, 0.717) is 11.4 Å². The predicted molar refractivity (Wildman–Crippen MR) is 83.8 cm³/mol. The lowest BCUT2D eigenvalue weighted by molar-refractivity contribution is 0.0684. The van der Waals surface area contributed by atoms with Crippen molar-refractivity contribution < 1.29 is 29.6 Å². The summed E-state index contributed by atoms with van der Waals surface area (Å²) in [6.45, 7) is 0. The number of aromatic hydroxyl groups is 1. The van der Waals surface area contributed by atoms with E-state index < -0.39 is 11.9 Å². The Kier molecular flexibility index (Phi) is 5.79. The second-order valence-electron chi connectivity index (χ2n) is 4.31. The average Bonchev–Trinajstić information content (AvgIpc) is 2.50. The number of hydrogen-bond acceptors (Lipinski definition) is 6. The monoisotopic (exact) mass is 320 g/mol. The Morgan fingerprint density at radius 2 is 1.65 bits per heavy atom. The lowest BCUT2D eigenvalue weighted by Crippen LogP contribution is -1.99. The van der Waals surface area contributed by atoms with Crippen molar-refractivity contribution in [3.63, 3.8) is 0 Å². The third-order valence-corrected chi connectivity index (χ3v) is 2.78. The van der Waals surface area contributed by atoms with Crippen LogP contribution >= 0.6 is 0 Å². The first-order valence-corrected chi connectivity index (χ1v) is 6.25. The van der Waals surface area contributed by atoms with E-state index in [1.165, 1.54) is 43.5 Å². The van der Waals surface area contributed by atoms with Crippen LogP contribution in [-0.4, -0.2) is 34.4 Å². The highest BCUT2D eigenvalue weighted by molar-refractivity contribution is 5.92. The summed E-state index contributed by atoms with van der Waals surface area (Å²) in [5.74, 6) is -2.17. The SMILES string of the molecule is COc1cc(C(=O)O)ccc1N.Nc1cccc(C(=O)O)c1O. The van der Waals surface area contributed by atoms with E-state index in [0.717, 1.165) is 0 Å². The van der Waals surface area contributed by atoms with Crippen LogP contribution in [-0.2, 0) is 0 Å². The average molecular weight is 320 g/mol. The van der Waals surface area contributed by atoms with Gasteiger partial charge in [0, 0.05) is 0 Å². The molecule has 0 fully saturated rings. The molecule has 0 saturated carbocycles. The largest absolute Gasteiger partial charge is 0.505 e. The van der Waals surface area contributed by atoms with E-state index >= 15 is 0 Å². The standard InChI is InChI=1S/C8H9NO3.C7H7NO3/c1-12-7-4-5(8(10)11)2-3-6(7)9;8-5-3-1-2-4(6(5)9)7(10)11/h2-4H,9H2,1H3,(H,10,11);1-3,9H,8H2,(H,10,11). The molecule has 0 saturated heterocycles. The van der Waals surface area contributed by atoms with Gasteiger partial charge in [0.2, 0.25) is 0 Å². The maximum Gasteiger partial charge on any atom is 0.339 e. The Morgan fingerprint density at radius 1 is 1.00 bits per heavy atom. The van der Waals surface area contributed by atoms with Crippen molar-refractivity contribution in [2.75, 3.05) is 18.6 Å². The molecule has 8 nitrogen and oxygen atoms in total. The minimum Gasteiger partial charge on any atom is -0.505 e. The zero-order valence-electron chi connectivity index (χ0n) is 12.2. The van der Waals surface area contributed by atoms with Crippen molar-refractivity contribution in [3.8, 4) is 11.5 Å². The van der Waals surface area contributed by atoms with Crippen molar-refractivity contribution >= 4 is 23.3 Å². The van der Waals surface area contributed by atoms with Crippen LogP contribution in [0.2, 0.25) is 0 Å². The summed E-state index contributed by atoms with van der Waals surface area (Å²) in [5.41, 5.74) is 11.2. The van der Waals surface area contributed by atoms with Gasteiger partial charge in [-0.2, -0.15) is 0 Å². The maximum atomic E-state index is 10.5. The van der Waals surface area contributed by atoms with Gasteiger partial charge in [-0.1, -0.05) is 6.07 Å². The van der Waals surface area contributed by atoms with Crippen LogP contribution in [0.1, 0.15) is 20.7 Å². The highest BCUT2D eigenvalue weighted by Crippen LogP contribution is 2.24. The normalized spacial score (nSPS) is 9.43. The fourth-order valence-corrected chi connectivity index (χ4v) is 1.58. The van der Waals surface area contributed by atoms with Crippen LogP contribution in [0.3, 0.4) is 0 Å². The highest BCUT2D eigenvalue weighted by atomic mass is 16.5. The van der Waals surface area contributed by atoms with Gasteiger partial charge in [0.25, 0.3) is 0 Å².